The third kappa shape index (κ3) is 2.34. The first kappa shape index (κ1) is 14.2. The third-order valence-electron chi connectivity index (χ3n) is 4.46. The summed E-state index contributed by atoms with van der Waals surface area (Å²) in [4.78, 5) is 11.9. The van der Waals surface area contributed by atoms with Gasteiger partial charge < -0.3 is 14.6 Å². The SMILES string of the molecule is O=C(O)C1(c2c(F)ccc3c2OCCCO3)CCCCC1. The Kier molecular flexibility index (Phi) is 3.74. The molecule has 1 aromatic carbocycles. The minimum atomic E-state index is -1.19. The number of hydrogen-bond acceptors (Lipinski definition) is 3. The summed E-state index contributed by atoms with van der Waals surface area (Å²) in [5, 5.41) is 9.78. The first-order chi connectivity index (χ1) is 10.1. The number of ether oxygens (including phenoxy) is 2. The van der Waals surface area contributed by atoms with E-state index in [1.807, 2.05) is 0 Å². The number of aliphatic carboxylic acids is 1. The van der Waals surface area contributed by atoms with E-state index < -0.39 is 17.2 Å². The van der Waals surface area contributed by atoms with Gasteiger partial charge in [-0.15, -0.1) is 0 Å². The molecule has 0 amide bonds. The van der Waals surface area contributed by atoms with Crippen LogP contribution in [0.2, 0.25) is 0 Å². The zero-order chi connectivity index (χ0) is 14.9. The van der Waals surface area contributed by atoms with Crippen LogP contribution in [0.15, 0.2) is 12.1 Å². The van der Waals surface area contributed by atoms with Crippen molar-refractivity contribution in [3.63, 3.8) is 0 Å². The molecular weight excluding hydrogens is 275 g/mol. The van der Waals surface area contributed by atoms with Gasteiger partial charge in [0.2, 0.25) is 0 Å². The van der Waals surface area contributed by atoms with Gasteiger partial charge >= 0.3 is 5.97 Å². The van der Waals surface area contributed by atoms with Crippen LogP contribution in [0.4, 0.5) is 4.39 Å². The molecule has 5 heteroatoms. The number of halogens is 1. The van der Waals surface area contributed by atoms with Crippen molar-refractivity contribution in [1.29, 1.82) is 0 Å². The molecule has 1 fully saturated rings. The maximum absolute atomic E-state index is 14.5. The lowest BCUT2D eigenvalue weighted by Gasteiger charge is -2.35. The molecule has 1 aliphatic heterocycles. The molecule has 114 valence electrons. The summed E-state index contributed by atoms with van der Waals surface area (Å²) in [5.74, 6) is -0.738. The standard InChI is InChI=1S/C16H19FO4/c17-11-5-6-12-14(21-10-4-9-20-12)13(11)16(15(18)19)7-2-1-3-8-16/h5-6H,1-4,7-10H2,(H,18,19). The Labute approximate surface area is 122 Å². The van der Waals surface area contributed by atoms with Gasteiger partial charge in [-0.1, -0.05) is 19.3 Å². The number of carbonyl (C=O) groups is 1. The van der Waals surface area contributed by atoms with Crippen LogP contribution in [-0.4, -0.2) is 24.3 Å². The van der Waals surface area contributed by atoms with Crippen LogP contribution >= 0.6 is 0 Å². The molecule has 0 atom stereocenters. The van der Waals surface area contributed by atoms with Gasteiger partial charge in [-0.3, -0.25) is 4.79 Å². The van der Waals surface area contributed by atoms with Crippen molar-refractivity contribution in [3.05, 3.63) is 23.5 Å². The average Bonchev–Trinajstić information content (AvgIpc) is 2.73. The van der Waals surface area contributed by atoms with E-state index in [2.05, 4.69) is 0 Å². The minimum Gasteiger partial charge on any atom is -0.490 e. The first-order valence-corrected chi connectivity index (χ1v) is 7.47. The largest absolute Gasteiger partial charge is 0.490 e. The molecule has 1 heterocycles. The second-order valence-corrected chi connectivity index (χ2v) is 5.75. The summed E-state index contributed by atoms with van der Waals surface area (Å²) < 4.78 is 25.7. The van der Waals surface area contributed by atoms with E-state index in [0.29, 0.717) is 38.2 Å². The summed E-state index contributed by atoms with van der Waals surface area (Å²) in [6.07, 6.45) is 4.16. The van der Waals surface area contributed by atoms with Gasteiger partial charge in [0.15, 0.2) is 11.5 Å². The van der Waals surface area contributed by atoms with Crippen LogP contribution in [0.25, 0.3) is 0 Å². The highest BCUT2D eigenvalue weighted by Crippen LogP contribution is 2.48. The Balaban J connectivity index is 2.17. The Morgan fingerprint density at radius 1 is 1.10 bits per heavy atom. The van der Waals surface area contributed by atoms with Gasteiger partial charge in [0.05, 0.1) is 24.2 Å². The lowest BCUT2D eigenvalue weighted by Crippen LogP contribution is -2.39. The molecule has 1 N–H and O–H groups in total. The van der Waals surface area contributed by atoms with Gasteiger partial charge in [-0.25, -0.2) is 4.39 Å². The number of hydrogen-bond donors (Lipinski definition) is 1. The van der Waals surface area contributed by atoms with Gasteiger partial charge in [-0.05, 0) is 25.0 Å². The van der Waals surface area contributed by atoms with Crippen LogP contribution in [-0.2, 0) is 10.2 Å². The molecule has 0 unspecified atom stereocenters. The predicted molar refractivity (Wildman–Crippen MR) is 74.4 cm³/mol. The molecule has 0 radical (unpaired) electrons. The van der Waals surface area contributed by atoms with Crippen molar-refractivity contribution in [1.82, 2.24) is 0 Å². The Morgan fingerprint density at radius 3 is 2.52 bits per heavy atom. The van der Waals surface area contributed by atoms with E-state index in [9.17, 15) is 14.3 Å². The highest BCUT2D eigenvalue weighted by atomic mass is 19.1. The molecule has 0 bridgehead atoms. The van der Waals surface area contributed by atoms with E-state index in [4.69, 9.17) is 9.47 Å². The van der Waals surface area contributed by atoms with E-state index in [0.717, 1.165) is 19.3 Å². The van der Waals surface area contributed by atoms with Crippen LogP contribution < -0.4 is 9.47 Å². The molecular formula is C16H19FO4. The fourth-order valence-corrected chi connectivity index (χ4v) is 3.38. The molecule has 2 aliphatic rings. The highest BCUT2D eigenvalue weighted by Gasteiger charge is 2.46. The van der Waals surface area contributed by atoms with Crippen LogP contribution in [0, 0.1) is 5.82 Å². The normalized spacial score (nSPS) is 20.6. The number of rotatable bonds is 2. The second kappa shape index (κ2) is 5.54. The van der Waals surface area contributed by atoms with E-state index in [1.165, 1.54) is 12.1 Å². The molecule has 3 rings (SSSR count). The van der Waals surface area contributed by atoms with Gasteiger partial charge in [0.1, 0.15) is 5.82 Å². The second-order valence-electron chi connectivity index (χ2n) is 5.75. The number of fused-ring (bicyclic) bond motifs is 1. The molecule has 1 aromatic rings. The molecule has 0 saturated heterocycles. The van der Waals surface area contributed by atoms with E-state index >= 15 is 0 Å². The molecule has 21 heavy (non-hydrogen) atoms. The highest BCUT2D eigenvalue weighted by molar-refractivity contribution is 5.83. The Morgan fingerprint density at radius 2 is 1.81 bits per heavy atom. The smallest absolute Gasteiger partial charge is 0.314 e. The number of carboxylic acid groups (broad SMARTS) is 1. The van der Waals surface area contributed by atoms with Crippen molar-refractivity contribution in [2.45, 2.75) is 43.9 Å². The van der Waals surface area contributed by atoms with E-state index in [1.54, 1.807) is 0 Å². The fraction of sp³-hybridized carbons (Fsp3) is 0.562. The van der Waals surface area contributed by atoms with Crippen molar-refractivity contribution in [2.75, 3.05) is 13.2 Å². The summed E-state index contributed by atoms with van der Waals surface area (Å²) in [5.41, 5.74) is -1.02. The average molecular weight is 294 g/mol. The quantitative estimate of drug-likeness (QED) is 0.909. The summed E-state index contributed by atoms with van der Waals surface area (Å²) in [7, 11) is 0. The van der Waals surface area contributed by atoms with Crippen LogP contribution in [0.5, 0.6) is 11.5 Å². The van der Waals surface area contributed by atoms with Gasteiger partial charge in [0.25, 0.3) is 0 Å². The topological polar surface area (TPSA) is 55.8 Å². The first-order valence-electron chi connectivity index (χ1n) is 7.47. The van der Waals surface area contributed by atoms with Crippen LogP contribution in [0.1, 0.15) is 44.1 Å². The van der Waals surface area contributed by atoms with Crippen LogP contribution in [0.3, 0.4) is 0 Å². The predicted octanol–water partition coefficient (Wildman–Crippen LogP) is 3.27. The van der Waals surface area contributed by atoms with Gasteiger partial charge in [-0.2, -0.15) is 0 Å². The van der Waals surface area contributed by atoms with Crippen molar-refractivity contribution < 1.29 is 23.8 Å². The van der Waals surface area contributed by atoms with Gasteiger partial charge in [0, 0.05) is 6.42 Å². The monoisotopic (exact) mass is 294 g/mol. The van der Waals surface area contributed by atoms with Crippen molar-refractivity contribution >= 4 is 5.97 Å². The number of benzene rings is 1. The number of carboxylic acids is 1. The lowest BCUT2D eigenvalue weighted by atomic mass is 9.69. The summed E-state index contributed by atoms with van der Waals surface area (Å²) >= 11 is 0. The molecule has 0 aromatic heterocycles. The maximum Gasteiger partial charge on any atom is 0.314 e. The van der Waals surface area contributed by atoms with Crippen molar-refractivity contribution in [3.8, 4) is 11.5 Å². The molecule has 0 spiro atoms. The summed E-state index contributed by atoms with van der Waals surface area (Å²) in [6, 6.07) is 2.82. The third-order valence-corrected chi connectivity index (χ3v) is 4.46. The van der Waals surface area contributed by atoms with Crippen molar-refractivity contribution in [2.24, 2.45) is 0 Å². The zero-order valence-corrected chi connectivity index (χ0v) is 11.9. The zero-order valence-electron chi connectivity index (χ0n) is 11.9. The maximum atomic E-state index is 14.5. The lowest BCUT2D eigenvalue weighted by molar-refractivity contribution is -0.145. The molecule has 4 nitrogen and oxygen atoms in total. The summed E-state index contributed by atoms with van der Waals surface area (Å²) in [6.45, 7) is 0.914. The molecule has 1 saturated carbocycles. The Bertz CT molecular complexity index is 549. The minimum absolute atomic E-state index is 0.175. The fourth-order valence-electron chi connectivity index (χ4n) is 3.38. The Hall–Kier alpha value is -1.78. The van der Waals surface area contributed by atoms with E-state index in [-0.39, 0.29) is 11.3 Å². The molecule has 1 aliphatic carbocycles.